The van der Waals surface area contributed by atoms with Gasteiger partial charge in [-0.3, -0.25) is 9.59 Å². The van der Waals surface area contributed by atoms with Gasteiger partial charge in [-0.25, -0.2) is 0 Å². The molecular weight excluding hydrogens is 362 g/mol. The van der Waals surface area contributed by atoms with E-state index in [2.05, 4.69) is 29.4 Å². The number of nitrogens with one attached hydrogen (secondary N) is 1. The van der Waals surface area contributed by atoms with E-state index in [1.165, 1.54) is 11.8 Å². The molecule has 8 heteroatoms. The van der Waals surface area contributed by atoms with E-state index in [1.54, 1.807) is 0 Å². The molecule has 146 valence electrons. The number of hydrogen-bond acceptors (Lipinski definition) is 5. The van der Waals surface area contributed by atoms with Crippen molar-refractivity contribution in [3.05, 3.63) is 35.2 Å². The van der Waals surface area contributed by atoms with Crippen molar-refractivity contribution in [3.63, 3.8) is 0 Å². The van der Waals surface area contributed by atoms with E-state index in [4.69, 9.17) is 5.73 Å². The van der Waals surface area contributed by atoms with Crippen molar-refractivity contribution in [1.29, 1.82) is 0 Å². The van der Waals surface area contributed by atoms with Crippen molar-refractivity contribution in [2.45, 2.75) is 58.2 Å². The highest BCUT2D eigenvalue weighted by Gasteiger charge is 2.16. The van der Waals surface area contributed by atoms with Gasteiger partial charge in [-0.2, -0.15) is 0 Å². The van der Waals surface area contributed by atoms with Crippen LogP contribution in [-0.2, 0) is 22.6 Å². The second kappa shape index (κ2) is 9.55. The molecule has 1 aromatic carbocycles. The predicted molar refractivity (Wildman–Crippen MR) is 108 cm³/mol. The fourth-order valence-electron chi connectivity index (χ4n) is 2.81. The Morgan fingerprint density at radius 2 is 2.04 bits per heavy atom. The van der Waals surface area contributed by atoms with Gasteiger partial charge in [0.05, 0.1) is 5.75 Å². The van der Waals surface area contributed by atoms with Gasteiger partial charge in [0.25, 0.3) is 0 Å². The molecule has 3 N–H and O–H groups in total. The molecule has 0 spiro atoms. The third-order valence-electron chi connectivity index (χ3n) is 4.23. The first-order valence-corrected chi connectivity index (χ1v) is 10.0. The minimum Gasteiger partial charge on any atom is -0.370 e. The van der Waals surface area contributed by atoms with E-state index in [0.29, 0.717) is 29.9 Å². The number of carbonyl (C=O) groups is 2. The Bertz CT molecular complexity index is 816. The van der Waals surface area contributed by atoms with Gasteiger partial charge in [0.1, 0.15) is 5.82 Å². The Morgan fingerprint density at radius 1 is 1.30 bits per heavy atom. The topological polar surface area (TPSA) is 103 Å². The molecule has 2 amide bonds. The summed E-state index contributed by atoms with van der Waals surface area (Å²) >= 11 is 1.34. The third-order valence-corrected chi connectivity index (χ3v) is 5.20. The van der Waals surface area contributed by atoms with Crippen molar-refractivity contribution in [3.8, 4) is 0 Å². The Kier molecular flexibility index (Phi) is 7.41. The fraction of sp³-hybridized carbons (Fsp3) is 0.474. The van der Waals surface area contributed by atoms with Crippen LogP contribution in [0.15, 0.2) is 23.4 Å². The summed E-state index contributed by atoms with van der Waals surface area (Å²) in [7, 11) is 0. The first-order valence-electron chi connectivity index (χ1n) is 9.06. The molecule has 2 aromatic rings. The fourth-order valence-corrected chi connectivity index (χ4v) is 3.63. The maximum atomic E-state index is 12.5. The van der Waals surface area contributed by atoms with Crippen molar-refractivity contribution in [2.75, 3.05) is 11.1 Å². The zero-order chi connectivity index (χ0) is 20.0. The number of nitrogens with zero attached hydrogens (tertiary/aromatic N) is 3. The Hall–Kier alpha value is -2.35. The number of primary amides is 1. The zero-order valence-electron chi connectivity index (χ0n) is 16.3. The Labute approximate surface area is 164 Å². The van der Waals surface area contributed by atoms with E-state index in [-0.39, 0.29) is 24.0 Å². The molecule has 1 heterocycles. The SMILES string of the molecule is CCn1c(CCC(N)=O)nnc1SCC(=O)Nc1c(C)cccc1C(C)C. The number of hydrogen-bond donors (Lipinski definition) is 2. The number of thioether (sulfide) groups is 1. The van der Waals surface area contributed by atoms with Crippen LogP contribution in [0.4, 0.5) is 5.69 Å². The molecule has 0 unspecified atom stereocenters. The summed E-state index contributed by atoms with van der Waals surface area (Å²) in [6, 6.07) is 6.04. The zero-order valence-corrected chi connectivity index (χ0v) is 17.1. The van der Waals surface area contributed by atoms with Gasteiger partial charge in [-0.05, 0) is 30.9 Å². The molecule has 27 heavy (non-hydrogen) atoms. The van der Waals surface area contributed by atoms with Crippen molar-refractivity contribution in [2.24, 2.45) is 5.73 Å². The lowest BCUT2D eigenvalue weighted by Crippen LogP contribution is -2.17. The van der Waals surface area contributed by atoms with Gasteiger partial charge >= 0.3 is 0 Å². The summed E-state index contributed by atoms with van der Waals surface area (Å²) in [5.74, 6) is 0.817. The van der Waals surface area contributed by atoms with Crippen LogP contribution in [0.5, 0.6) is 0 Å². The highest BCUT2D eigenvalue weighted by molar-refractivity contribution is 7.99. The van der Waals surface area contributed by atoms with Crippen molar-refractivity contribution < 1.29 is 9.59 Å². The molecule has 0 radical (unpaired) electrons. The van der Waals surface area contributed by atoms with Gasteiger partial charge in [-0.1, -0.05) is 43.8 Å². The van der Waals surface area contributed by atoms with Gasteiger partial charge < -0.3 is 15.6 Å². The van der Waals surface area contributed by atoms with Crippen molar-refractivity contribution in [1.82, 2.24) is 14.8 Å². The second-order valence-corrected chi connectivity index (χ2v) is 7.58. The second-order valence-electron chi connectivity index (χ2n) is 6.64. The normalized spacial score (nSPS) is 11.0. The standard InChI is InChI=1S/C19H27N5O2S/c1-5-24-16(10-9-15(20)25)22-23-19(24)27-11-17(26)21-18-13(4)7-6-8-14(18)12(2)3/h6-8,12H,5,9-11H2,1-4H3,(H2,20,25)(H,21,26). The molecule has 0 saturated heterocycles. The minimum atomic E-state index is -0.367. The maximum Gasteiger partial charge on any atom is 0.234 e. The van der Waals surface area contributed by atoms with Crippen LogP contribution < -0.4 is 11.1 Å². The summed E-state index contributed by atoms with van der Waals surface area (Å²) in [6.45, 7) is 8.85. The van der Waals surface area contributed by atoms with Crippen LogP contribution in [0.25, 0.3) is 0 Å². The average Bonchev–Trinajstić information content (AvgIpc) is 3.01. The lowest BCUT2D eigenvalue weighted by Gasteiger charge is -2.16. The number of rotatable bonds is 9. The number of para-hydroxylation sites is 1. The summed E-state index contributed by atoms with van der Waals surface area (Å²) in [5.41, 5.74) is 8.26. The van der Waals surface area contributed by atoms with E-state index in [0.717, 1.165) is 16.8 Å². The highest BCUT2D eigenvalue weighted by atomic mass is 32.2. The molecule has 0 saturated carbocycles. The molecule has 0 aliphatic carbocycles. The van der Waals surface area contributed by atoms with Crippen LogP contribution in [0, 0.1) is 6.92 Å². The molecule has 0 bridgehead atoms. The van der Waals surface area contributed by atoms with E-state index >= 15 is 0 Å². The monoisotopic (exact) mass is 389 g/mol. The minimum absolute atomic E-state index is 0.0828. The van der Waals surface area contributed by atoms with Gasteiger partial charge in [0.2, 0.25) is 11.8 Å². The predicted octanol–water partition coefficient (Wildman–Crippen LogP) is 2.88. The third kappa shape index (κ3) is 5.56. The van der Waals surface area contributed by atoms with Gasteiger partial charge in [0.15, 0.2) is 5.16 Å². The highest BCUT2D eigenvalue weighted by Crippen LogP contribution is 2.28. The Balaban J connectivity index is 2.03. The summed E-state index contributed by atoms with van der Waals surface area (Å²) in [5, 5.41) is 12.0. The summed E-state index contributed by atoms with van der Waals surface area (Å²) in [4.78, 5) is 23.5. The molecule has 0 aliphatic rings. The quantitative estimate of drug-likeness (QED) is 0.642. The summed E-state index contributed by atoms with van der Waals surface area (Å²) < 4.78 is 1.91. The smallest absolute Gasteiger partial charge is 0.234 e. The first kappa shape index (κ1) is 21.0. The molecule has 2 rings (SSSR count). The molecule has 0 aliphatic heterocycles. The lowest BCUT2D eigenvalue weighted by atomic mass is 9.98. The van der Waals surface area contributed by atoms with Crippen LogP contribution in [0.3, 0.4) is 0 Å². The maximum absolute atomic E-state index is 12.5. The van der Waals surface area contributed by atoms with E-state index in [9.17, 15) is 9.59 Å². The molecule has 7 nitrogen and oxygen atoms in total. The van der Waals surface area contributed by atoms with Gasteiger partial charge in [-0.15, -0.1) is 10.2 Å². The van der Waals surface area contributed by atoms with Crippen LogP contribution in [0.1, 0.15) is 50.1 Å². The number of aromatic nitrogens is 3. The molecule has 0 fully saturated rings. The number of nitrogens with two attached hydrogens (primary N) is 1. The van der Waals surface area contributed by atoms with E-state index in [1.807, 2.05) is 36.6 Å². The van der Waals surface area contributed by atoms with Crippen LogP contribution >= 0.6 is 11.8 Å². The summed E-state index contributed by atoms with van der Waals surface area (Å²) in [6.07, 6.45) is 0.679. The largest absolute Gasteiger partial charge is 0.370 e. The number of carbonyl (C=O) groups excluding carboxylic acids is 2. The van der Waals surface area contributed by atoms with Crippen molar-refractivity contribution >= 4 is 29.3 Å². The lowest BCUT2D eigenvalue weighted by molar-refractivity contribution is -0.118. The number of benzene rings is 1. The van der Waals surface area contributed by atoms with Gasteiger partial charge in [0, 0.05) is 25.1 Å². The van der Waals surface area contributed by atoms with E-state index < -0.39 is 0 Å². The van der Waals surface area contributed by atoms with Crippen LogP contribution in [-0.4, -0.2) is 32.3 Å². The van der Waals surface area contributed by atoms with Crippen LogP contribution in [0.2, 0.25) is 0 Å². The number of amides is 2. The molecule has 1 aromatic heterocycles. The first-order chi connectivity index (χ1) is 12.8. The average molecular weight is 390 g/mol. The molecule has 0 atom stereocenters. The molecular formula is C19H27N5O2S. The number of aryl methyl sites for hydroxylation is 2. The Morgan fingerprint density at radius 3 is 2.67 bits per heavy atom. The number of anilines is 1.